The highest BCUT2D eigenvalue weighted by Gasteiger charge is 2.07. The van der Waals surface area contributed by atoms with Crippen LogP contribution in [0.1, 0.15) is 25.0 Å². The lowest BCUT2D eigenvalue weighted by Crippen LogP contribution is -2.07. The third-order valence-corrected chi connectivity index (χ3v) is 4.90. The van der Waals surface area contributed by atoms with Crippen LogP contribution in [0.15, 0.2) is 60.0 Å². The number of thiazole rings is 1. The minimum absolute atomic E-state index is 0.219. The van der Waals surface area contributed by atoms with Gasteiger partial charge in [-0.05, 0) is 41.7 Å². The van der Waals surface area contributed by atoms with E-state index in [1.54, 1.807) is 18.2 Å². The predicted octanol–water partition coefficient (Wildman–Crippen LogP) is 6.31. The van der Waals surface area contributed by atoms with Gasteiger partial charge >= 0.3 is 0 Å². The van der Waals surface area contributed by atoms with Crippen molar-refractivity contribution in [2.75, 3.05) is 5.32 Å². The second-order valence-electron chi connectivity index (χ2n) is 6.71. The van der Waals surface area contributed by atoms with Gasteiger partial charge in [-0.1, -0.05) is 61.8 Å². The highest BCUT2D eigenvalue weighted by Crippen LogP contribution is 2.25. The molecule has 0 saturated heterocycles. The van der Waals surface area contributed by atoms with Gasteiger partial charge in [-0.2, -0.15) is 0 Å². The molecule has 0 bridgehead atoms. The monoisotopic (exact) mass is 396 g/mol. The van der Waals surface area contributed by atoms with Crippen LogP contribution in [0.4, 0.5) is 5.13 Å². The van der Waals surface area contributed by atoms with E-state index >= 15 is 0 Å². The van der Waals surface area contributed by atoms with E-state index in [2.05, 4.69) is 48.4 Å². The van der Waals surface area contributed by atoms with Crippen LogP contribution in [-0.4, -0.2) is 10.9 Å². The van der Waals surface area contributed by atoms with Crippen molar-refractivity contribution in [3.05, 3.63) is 76.1 Å². The van der Waals surface area contributed by atoms with Crippen LogP contribution < -0.4 is 5.32 Å². The van der Waals surface area contributed by atoms with Crippen molar-refractivity contribution < 1.29 is 4.79 Å². The molecule has 0 aliphatic rings. The molecule has 3 nitrogen and oxygen atoms in total. The Bertz CT molecular complexity index is 945. The Morgan fingerprint density at radius 1 is 1.22 bits per heavy atom. The van der Waals surface area contributed by atoms with Gasteiger partial charge in [0.15, 0.2) is 5.13 Å². The normalized spacial score (nSPS) is 11.3. The van der Waals surface area contributed by atoms with Gasteiger partial charge in [0, 0.05) is 22.0 Å². The number of hydrogen-bond donors (Lipinski definition) is 1. The number of benzene rings is 2. The molecule has 5 heteroatoms. The van der Waals surface area contributed by atoms with Crippen molar-refractivity contribution in [1.29, 1.82) is 0 Å². The second kappa shape index (κ2) is 8.98. The lowest BCUT2D eigenvalue weighted by atomic mass is 10.0. The SMILES string of the molecule is CC(C)Cc1ccc(-c2csc(NC(=O)C=Cc3cccc(Cl)c3)n2)cc1. The van der Waals surface area contributed by atoms with Crippen LogP contribution in [0.25, 0.3) is 17.3 Å². The Kier molecular flexibility index (Phi) is 6.43. The lowest BCUT2D eigenvalue weighted by molar-refractivity contribution is -0.111. The molecular weight excluding hydrogens is 376 g/mol. The van der Waals surface area contributed by atoms with Gasteiger partial charge in [0.05, 0.1) is 5.69 Å². The molecule has 3 rings (SSSR count). The number of halogens is 1. The standard InChI is InChI=1S/C22H21ClN2OS/c1-15(2)12-17-6-9-18(10-7-17)20-14-27-22(24-20)25-21(26)11-8-16-4-3-5-19(23)13-16/h3-11,13-15H,12H2,1-2H3,(H,24,25,26). The van der Waals surface area contributed by atoms with E-state index < -0.39 is 0 Å². The number of rotatable bonds is 6. The number of nitrogens with zero attached hydrogens (tertiary/aromatic N) is 1. The molecule has 0 spiro atoms. The van der Waals surface area contributed by atoms with Crippen molar-refractivity contribution in [1.82, 2.24) is 4.98 Å². The van der Waals surface area contributed by atoms with E-state index in [1.807, 2.05) is 17.5 Å². The molecule has 0 fully saturated rings. The first-order valence-corrected chi connectivity index (χ1v) is 10.0. The topological polar surface area (TPSA) is 42.0 Å². The Hall–Kier alpha value is -2.43. The maximum absolute atomic E-state index is 12.1. The molecule has 27 heavy (non-hydrogen) atoms. The third-order valence-electron chi connectivity index (χ3n) is 3.90. The lowest BCUT2D eigenvalue weighted by Gasteiger charge is -2.05. The molecular formula is C22H21ClN2OS. The highest BCUT2D eigenvalue weighted by molar-refractivity contribution is 7.14. The Morgan fingerprint density at radius 2 is 2.00 bits per heavy atom. The first-order chi connectivity index (χ1) is 13.0. The molecule has 138 valence electrons. The Balaban J connectivity index is 1.62. The molecule has 0 aliphatic carbocycles. The van der Waals surface area contributed by atoms with Gasteiger partial charge in [0.1, 0.15) is 0 Å². The molecule has 0 atom stereocenters. The van der Waals surface area contributed by atoms with Gasteiger partial charge < -0.3 is 0 Å². The van der Waals surface area contributed by atoms with E-state index in [0.29, 0.717) is 16.1 Å². The quantitative estimate of drug-likeness (QED) is 0.496. The molecule has 1 N–H and O–H groups in total. The summed E-state index contributed by atoms with van der Waals surface area (Å²) in [5.74, 6) is 0.417. The van der Waals surface area contributed by atoms with Crippen molar-refractivity contribution in [3.63, 3.8) is 0 Å². The van der Waals surface area contributed by atoms with Crippen LogP contribution in [0.5, 0.6) is 0 Å². The first-order valence-electron chi connectivity index (χ1n) is 8.79. The number of aromatic nitrogens is 1. The maximum Gasteiger partial charge on any atom is 0.250 e. The molecule has 1 aromatic heterocycles. The molecule has 0 aliphatic heterocycles. The zero-order valence-corrected chi connectivity index (χ0v) is 16.8. The highest BCUT2D eigenvalue weighted by atomic mass is 35.5. The molecule has 0 radical (unpaired) electrons. The van der Waals surface area contributed by atoms with Crippen LogP contribution in [0, 0.1) is 5.92 Å². The summed E-state index contributed by atoms with van der Waals surface area (Å²) >= 11 is 7.36. The van der Waals surface area contributed by atoms with Crippen LogP contribution in [-0.2, 0) is 11.2 Å². The predicted molar refractivity (Wildman–Crippen MR) is 115 cm³/mol. The molecule has 2 aromatic carbocycles. The fourth-order valence-corrected chi connectivity index (χ4v) is 3.60. The summed E-state index contributed by atoms with van der Waals surface area (Å²) in [5.41, 5.74) is 4.11. The van der Waals surface area contributed by atoms with E-state index in [0.717, 1.165) is 23.2 Å². The van der Waals surface area contributed by atoms with Crippen molar-refractivity contribution in [3.8, 4) is 11.3 Å². The number of nitrogens with one attached hydrogen (secondary N) is 1. The summed E-state index contributed by atoms with van der Waals surface area (Å²) < 4.78 is 0. The van der Waals surface area contributed by atoms with Crippen molar-refractivity contribution >= 4 is 40.1 Å². The van der Waals surface area contributed by atoms with Gasteiger partial charge in [0.2, 0.25) is 5.91 Å². The maximum atomic E-state index is 12.1. The zero-order chi connectivity index (χ0) is 19.2. The number of carbonyl (C=O) groups excluding carboxylic acids is 1. The van der Waals surface area contributed by atoms with Gasteiger partial charge in [-0.15, -0.1) is 11.3 Å². The van der Waals surface area contributed by atoms with Crippen molar-refractivity contribution in [2.45, 2.75) is 20.3 Å². The molecule has 0 saturated carbocycles. The van der Waals surface area contributed by atoms with Crippen LogP contribution in [0.3, 0.4) is 0 Å². The van der Waals surface area contributed by atoms with E-state index in [9.17, 15) is 4.79 Å². The van der Waals surface area contributed by atoms with Gasteiger partial charge in [-0.3, -0.25) is 10.1 Å². The molecule has 1 heterocycles. The fraction of sp³-hybridized carbons (Fsp3) is 0.182. The summed E-state index contributed by atoms with van der Waals surface area (Å²) in [6.45, 7) is 4.42. The van der Waals surface area contributed by atoms with E-state index in [1.165, 1.54) is 23.0 Å². The first kappa shape index (κ1) is 19.3. The van der Waals surface area contributed by atoms with Crippen LogP contribution >= 0.6 is 22.9 Å². The number of amides is 1. The van der Waals surface area contributed by atoms with Gasteiger partial charge in [-0.25, -0.2) is 4.98 Å². The average molecular weight is 397 g/mol. The van der Waals surface area contributed by atoms with E-state index in [-0.39, 0.29) is 5.91 Å². The van der Waals surface area contributed by atoms with Gasteiger partial charge in [0.25, 0.3) is 0 Å². The molecule has 0 unspecified atom stereocenters. The summed E-state index contributed by atoms with van der Waals surface area (Å²) in [5, 5.41) is 5.98. The summed E-state index contributed by atoms with van der Waals surface area (Å²) in [4.78, 5) is 16.6. The minimum atomic E-state index is -0.219. The molecule has 3 aromatic rings. The van der Waals surface area contributed by atoms with Crippen molar-refractivity contribution in [2.24, 2.45) is 5.92 Å². The smallest absolute Gasteiger partial charge is 0.250 e. The summed E-state index contributed by atoms with van der Waals surface area (Å²) in [6.07, 6.45) is 4.27. The number of anilines is 1. The fourth-order valence-electron chi connectivity index (χ4n) is 2.68. The largest absolute Gasteiger partial charge is 0.298 e. The van der Waals surface area contributed by atoms with Crippen LogP contribution in [0.2, 0.25) is 5.02 Å². The third kappa shape index (κ3) is 5.78. The number of carbonyl (C=O) groups is 1. The minimum Gasteiger partial charge on any atom is -0.298 e. The zero-order valence-electron chi connectivity index (χ0n) is 15.3. The summed E-state index contributed by atoms with van der Waals surface area (Å²) in [6, 6.07) is 15.8. The second-order valence-corrected chi connectivity index (χ2v) is 8.00. The number of hydrogen-bond acceptors (Lipinski definition) is 3. The Morgan fingerprint density at radius 3 is 2.70 bits per heavy atom. The molecule has 1 amide bonds. The summed E-state index contributed by atoms with van der Waals surface area (Å²) in [7, 11) is 0. The average Bonchev–Trinajstić information content (AvgIpc) is 3.08. The Labute approximate surface area is 168 Å². The van der Waals surface area contributed by atoms with E-state index in [4.69, 9.17) is 11.6 Å².